The molecule has 0 radical (unpaired) electrons. The van der Waals surface area contributed by atoms with Crippen molar-refractivity contribution in [3.63, 3.8) is 0 Å². The van der Waals surface area contributed by atoms with Crippen LogP contribution in [0.1, 0.15) is 5.56 Å². The van der Waals surface area contributed by atoms with Crippen LogP contribution in [-0.2, 0) is 11.6 Å². The van der Waals surface area contributed by atoms with Gasteiger partial charge in [-0.25, -0.2) is 0 Å². The molecular formula is C13H13ClNS+. The van der Waals surface area contributed by atoms with Crippen LogP contribution >= 0.6 is 23.4 Å². The van der Waals surface area contributed by atoms with Gasteiger partial charge in [-0.15, -0.1) is 0 Å². The number of thioether (sulfide) groups is 1. The Morgan fingerprint density at radius 1 is 1.06 bits per heavy atom. The van der Waals surface area contributed by atoms with Gasteiger partial charge < -0.3 is 0 Å². The number of hydrogen-bond donors (Lipinski definition) is 0. The monoisotopic (exact) mass is 250 g/mol. The number of nitrogens with zero attached hydrogens (tertiary/aromatic N) is 1. The van der Waals surface area contributed by atoms with Crippen molar-refractivity contribution in [2.75, 3.05) is 0 Å². The molecule has 0 bridgehead atoms. The minimum absolute atomic E-state index is 0.780. The highest BCUT2D eigenvalue weighted by molar-refractivity contribution is 7.97. The van der Waals surface area contributed by atoms with E-state index in [1.54, 1.807) is 0 Å². The third kappa shape index (κ3) is 3.54. The van der Waals surface area contributed by atoms with E-state index < -0.39 is 0 Å². The molecule has 0 saturated heterocycles. The zero-order valence-electron chi connectivity index (χ0n) is 8.84. The molecule has 82 valence electrons. The van der Waals surface area contributed by atoms with E-state index in [4.69, 9.17) is 11.6 Å². The third-order valence-corrected chi connectivity index (χ3v) is 3.42. The Morgan fingerprint density at radius 2 is 1.88 bits per heavy atom. The lowest BCUT2D eigenvalue weighted by Crippen LogP contribution is -2.30. The Morgan fingerprint density at radius 3 is 2.62 bits per heavy atom. The van der Waals surface area contributed by atoms with Gasteiger partial charge in [-0.1, -0.05) is 53.7 Å². The standard InChI is InChI=1S/C13H13ClNS/c14-13-7-4-8-15(9-13)11-16-10-12-5-2-1-3-6-12/h1-9H,10-11H2/q+1. The molecule has 2 aromatic rings. The first-order valence-corrected chi connectivity index (χ1v) is 6.64. The SMILES string of the molecule is Clc1ccc[n+](CSCc2ccccc2)c1. The van der Waals surface area contributed by atoms with Gasteiger partial charge in [-0.05, 0) is 11.6 Å². The Balaban J connectivity index is 1.85. The van der Waals surface area contributed by atoms with Crippen molar-refractivity contribution in [3.8, 4) is 0 Å². The molecule has 0 spiro atoms. The van der Waals surface area contributed by atoms with Gasteiger partial charge in [-0.3, -0.25) is 0 Å². The maximum absolute atomic E-state index is 5.91. The smallest absolute Gasteiger partial charge is 0.194 e. The van der Waals surface area contributed by atoms with Crippen molar-refractivity contribution in [1.82, 2.24) is 0 Å². The lowest BCUT2D eigenvalue weighted by Gasteiger charge is -1.99. The van der Waals surface area contributed by atoms with Gasteiger partial charge in [0.2, 0.25) is 0 Å². The fraction of sp³-hybridized carbons (Fsp3) is 0.154. The van der Waals surface area contributed by atoms with E-state index in [2.05, 4.69) is 28.8 Å². The summed E-state index contributed by atoms with van der Waals surface area (Å²) in [6.45, 7) is 0. The maximum atomic E-state index is 5.91. The van der Waals surface area contributed by atoms with Crippen LogP contribution in [0.15, 0.2) is 54.9 Å². The summed E-state index contributed by atoms with van der Waals surface area (Å²) in [4.78, 5) is 0. The summed E-state index contributed by atoms with van der Waals surface area (Å²) in [6.07, 6.45) is 3.98. The van der Waals surface area contributed by atoms with Crippen LogP contribution in [0.3, 0.4) is 0 Å². The van der Waals surface area contributed by atoms with Crippen molar-refractivity contribution in [1.29, 1.82) is 0 Å². The van der Waals surface area contributed by atoms with E-state index in [0.717, 1.165) is 16.7 Å². The summed E-state index contributed by atoms with van der Waals surface area (Å²) < 4.78 is 2.09. The first-order chi connectivity index (χ1) is 7.84. The second kappa shape index (κ2) is 5.92. The van der Waals surface area contributed by atoms with E-state index in [1.165, 1.54) is 5.56 Å². The number of benzene rings is 1. The summed E-state index contributed by atoms with van der Waals surface area (Å²) in [7, 11) is 0. The molecular weight excluding hydrogens is 238 g/mol. The van der Waals surface area contributed by atoms with E-state index >= 15 is 0 Å². The molecule has 0 aliphatic rings. The van der Waals surface area contributed by atoms with Gasteiger partial charge in [0, 0.05) is 11.8 Å². The highest BCUT2D eigenvalue weighted by Crippen LogP contribution is 2.11. The summed E-state index contributed by atoms with van der Waals surface area (Å²) in [5.41, 5.74) is 1.36. The molecule has 0 aliphatic heterocycles. The number of aromatic nitrogens is 1. The Bertz CT molecular complexity index is 445. The van der Waals surface area contributed by atoms with Crippen LogP contribution in [-0.4, -0.2) is 0 Å². The quantitative estimate of drug-likeness (QED) is 0.751. The topological polar surface area (TPSA) is 3.88 Å². The first kappa shape index (κ1) is 11.5. The normalized spacial score (nSPS) is 10.3. The minimum atomic E-state index is 0.780. The maximum Gasteiger partial charge on any atom is 0.194 e. The lowest BCUT2D eigenvalue weighted by atomic mass is 10.2. The lowest BCUT2D eigenvalue weighted by molar-refractivity contribution is -0.675. The number of halogens is 1. The Labute approximate surface area is 105 Å². The summed E-state index contributed by atoms with van der Waals surface area (Å²) in [6, 6.07) is 14.3. The molecule has 1 aromatic heterocycles. The van der Waals surface area contributed by atoms with Crippen molar-refractivity contribution in [2.24, 2.45) is 0 Å². The molecule has 0 amide bonds. The largest absolute Gasteiger partial charge is 0.194 e. The predicted molar refractivity (Wildman–Crippen MR) is 69.4 cm³/mol. The fourth-order valence-electron chi connectivity index (χ4n) is 1.41. The molecule has 0 unspecified atom stereocenters. The molecule has 0 aliphatic carbocycles. The molecule has 2 rings (SSSR count). The van der Waals surface area contributed by atoms with E-state index in [0.29, 0.717) is 0 Å². The van der Waals surface area contributed by atoms with Gasteiger partial charge in [0.25, 0.3) is 0 Å². The molecule has 3 heteroatoms. The van der Waals surface area contributed by atoms with Crippen LogP contribution in [0.2, 0.25) is 5.02 Å². The molecule has 1 aromatic carbocycles. The zero-order chi connectivity index (χ0) is 11.2. The number of rotatable bonds is 4. The van der Waals surface area contributed by atoms with Crippen molar-refractivity contribution >= 4 is 23.4 Å². The Hall–Kier alpha value is -0.990. The van der Waals surface area contributed by atoms with Crippen LogP contribution in [0, 0.1) is 0 Å². The van der Waals surface area contributed by atoms with Crippen molar-refractivity contribution in [3.05, 3.63) is 65.4 Å². The molecule has 0 atom stereocenters. The van der Waals surface area contributed by atoms with Gasteiger partial charge >= 0.3 is 0 Å². The van der Waals surface area contributed by atoms with Gasteiger partial charge in [-0.2, -0.15) is 4.57 Å². The first-order valence-electron chi connectivity index (χ1n) is 5.11. The van der Waals surface area contributed by atoms with Crippen LogP contribution < -0.4 is 4.57 Å². The Kier molecular flexibility index (Phi) is 4.25. The second-order valence-electron chi connectivity index (χ2n) is 3.50. The highest BCUT2D eigenvalue weighted by atomic mass is 35.5. The van der Waals surface area contributed by atoms with Crippen LogP contribution in [0.25, 0.3) is 0 Å². The summed E-state index contributed by atoms with van der Waals surface area (Å²) in [5.74, 6) is 1.95. The van der Waals surface area contributed by atoms with Gasteiger partial charge in [0.05, 0.1) is 0 Å². The van der Waals surface area contributed by atoms with Crippen LogP contribution in [0.4, 0.5) is 0 Å². The molecule has 16 heavy (non-hydrogen) atoms. The van der Waals surface area contributed by atoms with E-state index in [9.17, 15) is 0 Å². The van der Waals surface area contributed by atoms with Crippen molar-refractivity contribution in [2.45, 2.75) is 11.6 Å². The number of hydrogen-bond acceptors (Lipinski definition) is 1. The van der Waals surface area contributed by atoms with Crippen molar-refractivity contribution < 1.29 is 4.57 Å². The van der Waals surface area contributed by atoms with Crippen LogP contribution in [0.5, 0.6) is 0 Å². The molecule has 0 N–H and O–H groups in total. The molecule has 1 nitrogen and oxygen atoms in total. The summed E-state index contributed by atoms with van der Waals surface area (Å²) in [5, 5.41) is 0.780. The number of pyridine rings is 1. The van der Waals surface area contributed by atoms with Gasteiger partial charge in [0.1, 0.15) is 5.02 Å². The average Bonchev–Trinajstić information content (AvgIpc) is 2.30. The van der Waals surface area contributed by atoms with Gasteiger partial charge in [0.15, 0.2) is 18.3 Å². The zero-order valence-corrected chi connectivity index (χ0v) is 10.4. The molecule has 0 saturated carbocycles. The fourth-order valence-corrected chi connectivity index (χ4v) is 2.50. The molecule has 1 heterocycles. The summed E-state index contributed by atoms with van der Waals surface area (Å²) >= 11 is 7.78. The molecule has 0 fully saturated rings. The average molecular weight is 251 g/mol. The predicted octanol–water partition coefficient (Wildman–Crippen LogP) is 3.52. The second-order valence-corrected chi connectivity index (χ2v) is 4.89. The minimum Gasteiger partial charge on any atom is -0.194 e. The highest BCUT2D eigenvalue weighted by Gasteiger charge is 2.01. The van der Waals surface area contributed by atoms with E-state index in [1.807, 2.05) is 42.4 Å². The third-order valence-electron chi connectivity index (χ3n) is 2.17. The van der Waals surface area contributed by atoms with E-state index in [-0.39, 0.29) is 0 Å².